The maximum Gasteiger partial charge on any atom is 0.276 e. The zero-order valence-corrected chi connectivity index (χ0v) is 10.5. The predicted octanol–water partition coefficient (Wildman–Crippen LogP) is 2.86. The van der Waals surface area contributed by atoms with Crippen molar-refractivity contribution in [2.45, 2.75) is 0 Å². The van der Waals surface area contributed by atoms with Crippen LogP contribution < -0.4 is 5.32 Å². The van der Waals surface area contributed by atoms with Crippen LogP contribution in [0, 0.1) is 0 Å². The van der Waals surface area contributed by atoms with Crippen molar-refractivity contribution in [2.24, 2.45) is 0 Å². The van der Waals surface area contributed by atoms with Crippen LogP contribution in [0.15, 0.2) is 42.7 Å². The molecule has 0 atom stereocenters. The molecule has 0 saturated heterocycles. The normalized spacial score (nSPS) is 10.6. The lowest BCUT2D eigenvalue weighted by Crippen LogP contribution is -2.12. The van der Waals surface area contributed by atoms with Gasteiger partial charge in [-0.15, -0.1) is 0 Å². The van der Waals surface area contributed by atoms with Crippen LogP contribution in [0.25, 0.3) is 10.9 Å². The van der Waals surface area contributed by atoms with Crippen molar-refractivity contribution >= 4 is 34.1 Å². The Morgan fingerprint density at radius 1 is 1.21 bits per heavy atom. The smallest absolute Gasteiger partial charge is 0.276 e. The van der Waals surface area contributed by atoms with Crippen LogP contribution in [0.2, 0.25) is 5.02 Å². The molecule has 1 aromatic carbocycles. The minimum atomic E-state index is -0.290. The number of aromatic amines is 1. The number of carbonyl (C=O) groups is 1. The average Bonchev–Trinajstić information content (AvgIpc) is 2.85. The molecule has 0 bridgehead atoms. The number of fused-ring (bicyclic) bond motifs is 1. The average molecular weight is 273 g/mol. The van der Waals surface area contributed by atoms with Gasteiger partial charge in [0.05, 0.1) is 10.9 Å². The van der Waals surface area contributed by atoms with Crippen LogP contribution in [0.1, 0.15) is 10.5 Å². The zero-order chi connectivity index (χ0) is 13.2. The predicted molar refractivity (Wildman–Crippen MR) is 73.3 cm³/mol. The fourth-order valence-electron chi connectivity index (χ4n) is 1.75. The number of amides is 1. The fraction of sp³-hybridized carbons (Fsp3) is 0. The molecule has 2 heterocycles. The van der Waals surface area contributed by atoms with E-state index in [4.69, 9.17) is 11.6 Å². The maximum atomic E-state index is 12.1. The van der Waals surface area contributed by atoms with E-state index in [-0.39, 0.29) is 5.91 Å². The van der Waals surface area contributed by atoms with E-state index < -0.39 is 0 Å². The van der Waals surface area contributed by atoms with E-state index in [2.05, 4.69) is 20.5 Å². The van der Waals surface area contributed by atoms with Crippen molar-refractivity contribution in [3.8, 4) is 0 Å². The van der Waals surface area contributed by atoms with Gasteiger partial charge in [-0.2, -0.15) is 5.10 Å². The van der Waals surface area contributed by atoms with E-state index in [1.54, 1.807) is 42.7 Å². The molecule has 2 N–H and O–H groups in total. The molecule has 94 valence electrons. The van der Waals surface area contributed by atoms with E-state index in [0.717, 1.165) is 5.52 Å². The van der Waals surface area contributed by atoms with Gasteiger partial charge in [-0.25, -0.2) is 0 Å². The number of carbonyl (C=O) groups excluding carboxylic acids is 1. The molecule has 5 nitrogen and oxygen atoms in total. The van der Waals surface area contributed by atoms with E-state index in [0.29, 0.717) is 21.8 Å². The molecule has 3 aromatic rings. The number of anilines is 1. The molecular formula is C13H9ClN4O. The monoisotopic (exact) mass is 272 g/mol. The van der Waals surface area contributed by atoms with Gasteiger partial charge >= 0.3 is 0 Å². The van der Waals surface area contributed by atoms with Crippen LogP contribution in [0.3, 0.4) is 0 Å². The molecule has 0 aliphatic heterocycles. The van der Waals surface area contributed by atoms with Crippen LogP contribution in [0.5, 0.6) is 0 Å². The largest absolute Gasteiger partial charge is 0.321 e. The summed E-state index contributed by atoms with van der Waals surface area (Å²) in [7, 11) is 0. The van der Waals surface area contributed by atoms with Gasteiger partial charge in [0.1, 0.15) is 0 Å². The van der Waals surface area contributed by atoms with E-state index >= 15 is 0 Å². The quantitative estimate of drug-likeness (QED) is 0.753. The lowest BCUT2D eigenvalue weighted by atomic mass is 10.2. The van der Waals surface area contributed by atoms with Gasteiger partial charge in [0, 0.05) is 23.1 Å². The number of hydrogen-bond donors (Lipinski definition) is 2. The molecular weight excluding hydrogens is 264 g/mol. The first kappa shape index (κ1) is 11.7. The number of pyridine rings is 1. The van der Waals surface area contributed by atoms with Crippen LogP contribution in [-0.4, -0.2) is 21.1 Å². The summed E-state index contributed by atoms with van der Waals surface area (Å²) < 4.78 is 0. The van der Waals surface area contributed by atoms with Crippen molar-refractivity contribution in [3.63, 3.8) is 0 Å². The minimum Gasteiger partial charge on any atom is -0.321 e. The topological polar surface area (TPSA) is 70.7 Å². The Morgan fingerprint density at radius 2 is 2.00 bits per heavy atom. The number of H-pyrrole nitrogens is 1. The number of nitrogens with zero attached hydrogens (tertiary/aromatic N) is 2. The van der Waals surface area contributed by atoms with Gasteiger partial charge < -0.3 is 5.32 Å². The first-order valence-corrected chi connectivity index (χ1v) is 5.97. The van der Waals surface area contributed by atoms with Crippen molar-refractivity contribution in [3.05, 3.63) is 53.4 Å². The first-order valence-electron chi connectivity index (χ1n) is 5.59. The number of hydrogen-bond acceptors (Lipinski definition) is 3. The summed E-state index contributed by atoms with van der Waals surface area (Å²) in [6.07, 6.45) is 3.25. The molecule has 3 rings (SSSR count). The lowest BCUT2D eigenvalue weighted by Gasteiger charge is -2.03. The van der Waals surface area contributed by atoms with E-state index in [9.17, 15) is 4.79 Å². The first-order chi connectivity index (χ1) is 9.24. The van der Waals surface area contributed by atoms with Gasteiger partial charge in [0.2, 0.25) is 0 Å². The number of nitrogens with one attached hydrogen (secondary N) is 2. The Kier molecular flexibility index (Phi) is 2.89. The summed E-state index contributed by atoms with van der Waals surface area (Å²) >= 11 is 5.79. The van der Waals surface area contributed by atoms with Crippen molar-refractivity contribution in [2.75, 3.05) is 5.32 Å². The minimum absolute atomic E-state index is 0.290. The van der Waals surface area contributed by atoms with Crippen molar-refractivity contribution in [1.29, 1.82) is 0 Å². The molecule has 0 saturated carbocycles. The lowest BCUT2D eigenvalue weighted by molar-refractivity contribution is 0.102. The van der Waals surface area contributed by atoms with Gasteiger partial charge in [-0.05, 0) is 30.3 Å². The Balaban J connectivity index is 1.90. The Labute approximate surface area is 113 Å². The molecule has 2 aromatic heterocycles. The fourth-order valence-corrected chi connectivity index (χ4v) is 1.88. The Morgan fingerprint density at radius 3 is 2.79 bits per heavy atom. The third kappa shape index (κ3) is 2.28. The van der Waals surface area contributed by atoms with E-state index in [1.807, 2.05) is 0 Å². The van der Waals surface area contributed by atoms with Gasteiger partial charge in [-0.3, -0.25) is 14.9 Å². The SMILES string of the molecule is O=C(Nc1ccc(Cl)cc1)c1n[nH]c2ccncc12. The number of benzene rings is 1. The van der Waals surface area contributed by atoms with Gasteiger partial charge in [0.25, 0.3) is 5.91 Å². The molecule has 0 radical (unpaired) electrons. The summed E-state index contributed by atoms with van der Waals surface area (Å²) in [6, 6.07) is 8.64. The molecule has 0 spiro atoms. The van der Waals surface area contributed by atoms with E-state index in [1.165, 1.54) is 0 Å². The molecule has 0 unspecified atom stereocenters. The van der Waals surface area contributed by atoms with Crippen LogP contribution in [-0.2, 0) is 0 Å². The highest BCUT2D eigenvalue weighted by atomic mass is 35.5. The second-order valence-electron chi connectivity index (χ2n) is 3.95. The second-order valence-corrected chi connectivity index (χ2v) is 4.39. The molecule has 0 aliphatic carbocycles. The third-order valence-corrected chi connectivity index (χ3v) is 2.93. The highest BCUT2D eigenvalue weighted by Gasteiger charge is 2.14. The van der Waals surface area contributed by atoms with Crippen molar-refractivity contribution in [1.82, 2.24) is 15.2 Å². The van der Waals surface area contributed by atoms with Crippen LogP contribution >= 0.6 is 11.6 Å². The molecule has 1 amide bonds. The van der Waals surface area contributed by atoms with Gasteiger partial charge in [0.15, 0.2) is 5.69 Å². The van der Waals surface area contributed by atoms with Crippen molar-refractivity contribution < 1.29 is 4.79 Å². The second kappa shape index (κ2) is 4.70. The Bertz CT molecular complexity index is 736. The maximum absolute atomic E-state index is 12.1. The standard InChI is InChI=1S/C13H9ClN4O/c14-8-1-3-9(4-2-8)16-13(19)12-10-7-15-6-5-11(10)17-18-12/h1-7H,(H,16,19)(H,17,18). The third-order valence-electron chi connectivity index (χ3n) is 2.68. The summed E-state index contributed by atoms with van der Waals surface area (Å²) in [6.45, 7) is 0. The summed E-state index contributed by atoms with van der Waals surface area (Å²) in [5.74, 6) is -0.290. The van der Waals surface area contributed by atoms with Crippen LogP contribution in [0.4, 0.5) is 5.69 Å². The summed E-state index contributed by atoms with van der Waals surface area (Å²) in [5.41, 5.74) is 1.75. The molecule has 19 heavy (non-hydrogen) atoms. The molecule has 0 fully saturated rings. The zero-order valence-electron chi connectivity index (χ0n) is 9.72. The molecule has 6 heteroatoms. The summed E-state index contributed by atoms with van der Waals surface area (Å²) in [5, 5.41) is 10.9. The number of halogens is 1. The highest BCUT2D eigenvalue weighted by Crippen LogP contribution is 2.17. The Hall–Kier alpha value is -2.40. The summed E-state index contributed by atoms with van der Waals surface area (Å²) in [4.78, 5) is 16.1. The highest BCUT2D eigenvalue weighted by molar-refractivity contribution is 6.30. The number of aromatic nitrogens is 3. The number of rotatable bonds is 2. The molecule has 0 aliphatic rings. The van der Waals surface area contributed by atoms with Gasteiger partial charge in [-0.1, -0.05) is 11.6 Å².